The Balaban J connectivity index is 0.000000659. The summed E-state index contributed by atoms with van der Waals surface area (Å²) >= 11 is 0. The van der Waals surface area contributed by atoms with Crippen LogP contribution in [0.2, 0.25) is 0 Å². The zero-order valence-corrected chi connectivity index (χ0v) is 12.5. The first-order valence-corrected chi connectivity index (χ1v) is 6.76. The predicted octanol–water partition coefficient (Wildman–Crippen LogP) is 5.42. The number of benzene rings is 1. The summed E-state index contributed by atoms with van der Waals surface area (Å²) in [6, 6.07) is 14.6. The van der Waals surface area contributed by atoms with E-state index >= 15 is 0 Å². The highest BCUT2D eigenvalue weighted by atomic mass is 14.7. The van der Waals surface area contributed by atoms with Gasteiger partial charge in [-0.15, -0.1) is 0 Å². The van der Waals surface area contributed by atoms with E-state index in [1.54, 1.807) is 0 Å². The van der Waals surface area contributed by atoms with E-state index in [1.165, 1.54) is 11.1 Å². The van der Waals surface area contributed by atoms with Crippen molar-refractivity contribution in [3.63, 3.8) is 0 Å². The van der Waals surface area contributed by atoms with Crippen LogP contribution in [0.4, 0.5) is 0 Å². The molecule has 2 rings (SSSR count). The lowest BCUT2D eigenvalue weighted by molar-refractivity contribution is 1.12. The number of hydrogen-bond donors (Lipinski definition) is 0. The Morgan fingerprint density at radius 1 is 0.667 bits per heavy atom. The second-order valence-corrected chi connectivity index (χ2v) is 3.50. The van der Waals surface area contributed by atoms with Gasteiger partial charge >= 0.3 is 0 Å². The molecule has 0 aliphatic carbocycles. The van der Waals surface area contributed by atoms with Gasteiger partial charge in [0.2, 0.25) is 0 Å². The molecule has 1 heteroatoms. The molecule has 0 fully saturated rings. The van der Waals surface area contributed by atoms with Gasteiger partial charge in [-0.05, 0) is 37.1 Å². The SMILES string of the molecule is CC.CC.Cc1cc(-c2ccccc2)cc(C)n1. The Bertz CT molecular complexity index is 412. The van der Waals surface area contributed by atoms with Crippen LogP contribution in [0.3, 0.4) is 0 Å². The van der Waals surface area contributed by atoms with E-state index in [-0.39, 0.29) is 0 Å². The quantitative estimate of drug-likeness (QED) is 0.652. The molecule has 2 aromatic rings. The molecule has 0 aliphatic heterocycles. The zero-order chi connectivity index (χ0) is 14.0. The fraction of sp³-hybridized carbons (Fsp3) is 0.353. The average molecular weight is 243 g/mol. The number of rotatable bonds is 1. The molecule has 0 radical (unpaired) electrons. The number of nitrogens with zero attached hydrogens (tertiary/aromatic N) is 1. The van der Waals surface area contributed by atoms with Gasteiger partial charge in [0.25, 0.3) is 0 Å². The fourth-order valence-electron chi connectivity index (χ4n) is 1.63. The topological polar surface area (TPSA) is 12.9 Å². The minimum Gasteiger partial charge on any atom is -0.258 e. The second kappa shape index (κ2) is 9.41. The van der Waals surface area contributed by atoms with Crippen LogP contribution in [0.25, 0.3) is 11.1 Å². The Morgan fingerprint density at radius 2 is 1.11 bits per heavy atom. The molecule has 0 aliphatic rings. The molecule has 1 aromatic carbocycles. The summed E-state index contributed by atoms with van der Waals surface area (Å²) in [4.78, 5) is 4.36. The molecular formula is C17H25N. The molecule has 0 saturated heterocycles. The predicted molar refractivity (Wildman–Crippen MR) is 81.8 cm³/mol. The minimum absolute atomic E-state index is 1.07. The Labute approximate surface area is 112 Å². The van der Waals surface area contributed by atoms with Gasteiger partial charge in [-0.1, -0.05) is 58.0 Å². The Hall–Kier alpha value is -1.63. The van der Waals surface area contributed by atoms with Crippen LogP contribution in [0.1, 0.15) is 39.1 Å². The van der Waals surface area contributed by atoms with Crippen molar-refractivity contribution in [2.24, 2.45) is 0 Å². The van der Waals surface area contributed by atoms with Crippen molar-refractivity contribution in [2.45, 2.75) is 41.5 Å². The zero-order valence-electron chi connectivity index (χ0n) is 12.5. The van der Waals surface area contributed by atoms with E-state index in [1.807, 2.05) is 47.6 Å². The lowest BCUT2D eigenvalue weighted by Gasteiger charge is -2.03. The molecule has 0 saturated carbocycles. The molecule has 98 valence electrons. The van der Waals surface area contributed by atoms with E-state index in [4.69, 9.17) is 0 Å². The second-order valence-electron chi connectivity index (χ2n) is 3.50. The summed E-state index contributed by atoms with van der Waals surface area (Å²) in [5, 5.41) is 0. The van der Waals surface area contributed by atoms with E-state index in [0.717, 1.165) is 11.4 Å². The van der Waals surface area contributed by atoms with E-state index in [9.17, 15) is 0 Å². The highest BCUT2D eigenvalue weighted by Crippen LogP contribution is 2.19. The maximum absolute atomic E-state index is 4.36. The lowest BCUT2D eigenvalue weighted by Crippen LogP contribution is -1.87. The highest BCUT2D eigenvalue weighted by Gasteiger charge is 1.98. The van der Waals surface area contributed by atoms with Crippen molar-refractivity contribution in [1.29, 1.82) is 0 Å². The van der Waals surface area contributed by atoms with E-state index < -0.39 is 0 Å². The largest absolute Gasteiger partial charge is 0.258 e. The van der Waals surface area contributed by atoms with Crippen LogP contribution in [0.15, 0.2) is 42.5 Å². The van der Waals surface area contributed by atoms with Crippen LogP contribution in [-0.4, -0.2) is 4.98 Å². The van der Waals surface area contributed by atoms with Gasteiger partial charge in [0, 0.05) is 11.4 Å². The number of pyridine rings is 1. The van der Waals surface area contributed by atoms with Gasteiger partial charge in [0.15, 0.2) is 0 Å². The Morgan fingerprint density at radius 3 is 1.56 bits per heavy atom. The third kappa shape index (κ3) is 5.13. The van der Waals surface area contributed by atoms with Gasteiger partial charge in [-0.3, -0.25) is 4.98 Å². The van der Waals surface area contributed by atoms with Gasteiger partial charge in [0.05, 0.1) is 0 Å². The van der Waals surface area contributed by atoms with Crippen LogP contribution in [0, 0.1) is 13.8 Å². The summed E-state index contributed by atoms with van der Waals surface area (Å²) in [6.45, 7) is 12.1. The van der Waals surface area contributed by atoms with Gasteiger partial charge in [-0.25, -0.2) is 0 Å². The summed E-state index contributed by atoms with van der Waals surface area (Å²) in [5.74, 6) is 0. The van der Waals surface area contributed by atoms with Gasteiger partial charge in [-0.2, -0.15) is 0 Å². The summed E-state index contributed by atoms with van der Waals surface area (Å²) in [5.41, 5.74) is 4.64. The first-order chi connectivity index (χ1) is 8.75. The normalized spacial score (nSPS) is 8.56. The third-order valence-electron chi connectivity index (χ3n) is 2.19. The number of aryl methyl sites for hydroxylation is 2. The molecule has 0 bridgehead atoms. The van der Waals surface area contributed by atoms with Gasteiger partial charge in [0.1, 0.15) is 0 Å². The van der Waals surface area contributed by atoms with Crippen molar-refractivity contribution >= 4 is 0 Å². The first kappa shape index (κ1) is 16.4. The van der Waals surface area contributed by atoms with Crippen molar-refractivity contribution in [1.82, 2.24) is 4.98 Å². The molecule has 0 spiro atoms. The maximum Gasteiger partial charge on any atom is 0.0382 e. The number of hydrogen-bond acceptors (Lipinski definition) is 1. The Kier molecular flexibility index (Phi) is 8.55. The summed E-state index contributed by atoms with van der Waals surface area (Å²) < 4.78 is 0. The van der Waals surface area contributed by atoms with E-state index in [2.05, 4.69) is 41.4 Å². The smallest absolute Gasteiger partial charge is 0.0382 e. The van der Waals surface area contributed by atoms with Crippen LogP contribution in [-0.2, 0) is 0 Å². The standard InChI is InChI=1S/C13H13N.2C2H6/c1-10-8-13(9-11(2)14-10)12-6-4-3-5-7-12;2*1-2/h3-9H,1-2H3;2*1-2H3. The highest BCUT2D eigenvalue weighted by molar-refractivity contribution is 5.63. The molecule has 1 nitrogen and oxygen atoms in total. The molecule has 0 unspecified atom stereocenters. The molecule has 1 aromatic heterocycles. The molecule has 0 atom stereocenters. The lowest BCUT2D eigenvalue weighted by atomic mass is 10.1. The third-order valence-corrected chi connectivity index (χ3v) is 2.19. The van der Waals surface area contributed by atoms with Crippen molar-refractivity contribution in [3.8, 4) is 11.1 Å². The van der Waals surface area contributed by atoms with Crippen LogP contribution < -0.4 is 0 Å². The maximum atomic E-state index is 4.36. The van der Waals surface area contributed by atoms with Crippen LogP contribution in [0.5, 0.6) is 0 Å². The first-order valence-electron chi connectivity index (χ1n) is 6.76. The summed E-state index contributed by atoms with van der Waals surface area (Å²) in [6.07, 6.45) is 0. The van der Waals surface area contributed by atoms with Gasteiger partial charge < -0.3 is 0 Å². The van der Waals surface area contributed by atoms with Crippen molar-refractivity contribution < 1.29 is 0 Å². The number of aromatic nitrogens is 1. The fourth-order valence-corrected chi connectivity index (χ4v) is 1.63. The van der Waals surface area contributed by atoms with Crippen LogP contribution >= 0.6 is 0 Å². The van der Waals surface area contributed by atoms with E-state index in [0.29, 0.717) is 0 Å². The molecule has 18 heavy (non-hydrogen) atoms. The summed E-state index contributed by atoms with van der Waals surface area (Å²) in [7, 11) is 0. The van der Waals surface area contributed by atoms with Crippen molar-refractivity contribution in [3.05, 3.63) is 53.9 Å². The monoisotopic (exact) mass is 243 g/mol. The minimum atomic E-state index is 1.07. The molecule has 1 heterocycles. The van der Waals surface area contributed by atoms with Crippen molar-refractivity contribution in [2.75, 3.05) is 0 Å². The molecule has 0 amide bonds. The average Bonchev–Trinajstić information content (AvgIpc) is 2.43. The molecule has 0 N–H and O–H groups in total. The molecular weight excluding hydrogens is 218 g/mol.